The van der Waals surface area contributed by atoms with E-state index >= 15 is 0 Å². The molecule has 1 heterocycles. The lowest BCUT2D eigenvalue weighted by molar-refractivity contribution is 0.102. The van der Waals surface area contributed by atoms with Crippen molar-refractivity contribution in [2.75, 3.05) is 5.32 Å². The summed E-state index contributed by atoms with van der Waals surface area (Å²) >= 11 is 0. The monoisotopic (exact) mass is 277 g/mol. The van der Waals surface area contributed by atoms with Gasteiger partial charge in [-0.2, -0.15) is 5.10 Å². The quantitative estimate of drug-likeness (QED) is 0.797. The predicted octanol–water partition coefficient (Wildman–Crippen LogP) is 3.43. The third kappa shape index (κ3) is 3.00. The minimum absolute atomic E-state index is 0.109. The van der Waals surface area contributed by atoms with E-state index < -0.39 is 0 Å². The molecule has 21 heavy (non-hydrogen) atoms. The standard InChI is InChI=1S/C17H15N3O/c1-13-3-5-14(6-4-13)17(21)19-15-7-9-16(10-8-15)20-12-2-11-18-20/h2-12H,1H3,(H,19,21). The highest BCUT2D eigenvalue weighted by Crippen LogP contribution is 2.14. The molecule has 1 N–H and O–H groups in total. The lowest BCUT2D eigenvalue weighted by atomic mass is 10.1. The molecule has 0 fully saturated rings. The minimum Gasteiger partial charge on any atom is -0.322 e. The van der Waals surface area contributed by atoms with Gasteiger partial charge in [-0.05, 0) is 49.4 Å². The Morgan fingerprint density at radius 1 is 1.05 bits per heavy atom. The number of aromatic nitrogens is 2. The van der Waals surface area contributed by atoms with E-state index in [9.17, 15) is 4.79 Å². The SMILES string of the molecule is Cc1ccc(C(=O)Nc2ccc(-n3cccn3)cc2)cc1. The summed E-state index contributed by atoms with van der Waals surface area (Å²) < 4.78 is 1.77. The fourth-order valence-electron chi connectivity index (χ4n) is 2.03. The zero-order valence-corrected chi connectivity index (χ0v) is 11.7. The molecule has 0 saturated carbocycles. The summed E-state index contributed by atoms with van der Waals surface area (Å²) in [5.41, 5.74) is 3.50. The van der Waals surface area contributed by atoms with Crippen LogP contribution in [0, 0.1) is 6.92 Å². The molecule has 1 amide bonds. The number of carbonyl (C=O) groups excluding carboxylic acids is 1. The highest BCUT2D eigenvalue weighted by Gasteiger charge is 2.05. The van der Waals surface area contributed by atoms with E-state index in [0.717, 1.165) is 16.9 Å². The van der Waals surface area contributed by atoms with Crippen molar-refractivity contribution in [2.24, 2.45) is 0 Å². The Labute approximate surface area is 123 Å². The average Bonchev–Trinajstić information content (AvgIpc) is 3.03. The predicted molar refractivity (Wildman–Crippen MR) is 82.7 cm³/mol. The summed E-state index contributed by atoms with van der Waals surface area (Å²) in [5.74, 6) is -0.109. The van der Waals surface area contributed by atoms with Crippen LogP contribution in [-0.2, 0) is 0 Å². The molecule has 1 aromatic heterocycles. The van der Waals surface area contributed by atoms with E-state index in [1.54, 1.807) is 10.9 Å². The Hall–Kier alpha value is -2.88. The molecular weight excluding hydrogens is 262 g/mol. The summed E-state index contributed by atoms with van der Waals surface area (Å²) in [6.45, 7) is 2.00. The molecule has 0 radical (unpaired) electrons. The van der Waals surface area contributed by atoms with Crippen molar-refractivity contribution in [3.05, 3.63) is 78.1 Å². The second kappa shape index (κ2) is 5.63. The fraction of sp³-hybridized carbons (Fsp3) is 0.0588. The molecule has 4 nitrogen and oxygen atoms in total. The number of aryl methyl sites for hydroxylation is 1. The first kappa shape index (κ1) is 13.1. The summed E-state index contributed by atoms with van der Waals surface area (Å²) in [7, 11) is 0. The number of amides is 1. The number of rotatable bonds is 3. The zero-order chi connectivity index (χ0) is 14.7. The molecule has 0 spiro atoms. The maximum absolute atomic E-state index is 12.1. The van der Waals surface area contributed by atoms with Gasteiger partial charge >= 0.3 is 0 Å². The number of nitrogens with one attached hydrogen (secondary N) is 1. The molecule has 0 bridgehead atoms. The van der Waals surface area contributed by atoms with Crippen LogP contribution in [0.15, 0.2) is 67.0 Å². The van der Waals surface area contributed by atoms with Gasteiger partial charge in [0.1, 0.15) is 0 Å². The van der Waals surface area contributed by atoms with Gasteiger partial charge in [-0.15, -0.1) is 0 Å². The number of nitrogens with zero attached hydrogens (tertiary/aromatic N) is 2. The Balaban J connectivity index is 1.73. The van der Waals surface area contributed by atoms with Crippen LogP contribution in [0.25, 0.3) is 5.69 Å². The van der Waals surface area contributed by atoms with Crippen LogP contribution < -0.4 is 5.32 Å². The Bertz CT molecular complexity index is 729. The Morgan fingerprint density at radius 3 is 2.38 bits per heavy atom. The third-order valence-corrected chi connectivity index (χ3v) is 3.21. The zero-order valence-electron chi connectivity index (χ0n) is 11.7. The molecule has 0 aliphatic carbocycles. The number of hydrogen-bond acceptors (Lipinski definition) is 2. The number of benzene rings is 2. The first-order valence-corrected chi connectivity index (χ1v) is 6.70. The molecule has 3 rings (SSSR count). The lowest BCUT2D eigenvalue weighted by Gasteiger charge is -2.07. The van der Waals surface area contributed by atoms with Gasteiger partial charge in [0.15, 0.2) is 0 Å². The fourth-order valence-corrected chi connectivity index (χ4v) is 2.03. The molecule has 104 valence electrons. The van der Waals surface area contributed by atoms with Crippen molar-refractivity contribution >= 4 is 11.6 Å². The van der Waals surface area contributed by atoms with E-state index in [1.165, 1.54) is 0 Å². The molecule has 0 aliphatic heterocycles. The molecule has 0 unspecified atom stereocenters. The van der Waals surface area contributed by atoms with Crippen LogP contribution in [-0.4, -0.2) is 15.7 Å². The highest BCUT2D eigenvalue weighted by molar-refractivity contribution is 6.04. The number of hydrogen-bond donors (Lipinski definition) is 1. The third-order valence-electron chi connectivity index (χ3n) is 3.21. The van der Waals surface area contributed by atoms with Gasteiger partial charge in [0.2, 0.25) is 0 Å². The highest BCUT2D eigenvalue weighted by atomic mass is 16.1. The van der Waals surface area contributed by atoms with Crippen molar-refractivity contribution in [3.8, 4) is 5.69 Å². The number of carbonyl (C=O) groups is 1. The Morgan fingerprint density at radius 2 is 1.76 bits per heavy atom. The van der Waals surface area contributed by atoms with Gasteiger partial charge in [0.05, 0.1) is 5.69 Å². The molecule has 0 aliphatic rings. The molecule has 0 atom stereocenters. The van der Waals surface area contributed by atoms with Crippen molar-refractivity contribution in [1.82, 2.24) is 9.78 Å². The van der Waals surface area contributed by atoms with Gasteiger partial charge in [0, 0.05) is 23.6 Å². The van der Waals surface area contributed by atoms with Gasteiger partial charge < -0.3 is 5.32 Å². The maximum Gasteiger partial charge on any atom is 0.255 e. The van der Waals surface area contributed by atoms with E-state index in [-0.39, 0.29) is 5.91 Å². The van der Waals surface area contributed by atoms with Crippen molar-refractivity contribution in [2.45, 2.75) is 6.92 Å². The van der Waals surface area contributed by atoms with Gasteiger partial charge in [-0.3, -0.25) is 4.79 Å². The smallest absolute Gasteiger partial charge is 0.255 e. The van der Waals surface area contributed by atoms with E-state index in [4.69, 9.17) is 0 Å². The van der Waals surface area contributed by atoms with Crippen LogP contribution >= 0.6 is 0 Å². The van der Waals surface area contributed by atoms with E-state index in [0.29, 0.717) is 5.56 Å². The molecule has 0 saturated heterocycles. The largest absolute Gasteiger partial charge is 0.322 e. The summed E-state index contributed by atoms with van der Waals surface area (Å²) in [5, 5.41) is 7.04. The van der Waals surface area contributed by atoms with Crippen molar-refractivity contribution in [1.29, 1.82) is 0 Å². The molecular formula is C17H15N3O. The van der Waals surface area contributed by atoms with Crippen LogP contribution in [0.1, 0.15) is 15.9 Å². The van der Waals surface area contributed by atoms with Gasteiger partial charge in [-0.1, -0.05) is 17.7 Å². The first-order valence-electron chi connectivity index (χ1n) is 6.70. The van der Waals surface area contributed by atoms with E-state index in [1.807, 2.05) is 67.7 Å². The van der Waals surface area contributed by atoms with Crippen molar-refractivity contribution in [3.63, 3.8) is 0 Å². The molecule has 2 aromatic carbocycles. The van der Waals surface area contributed by atoms with Crippen LogP contribution in [0.2, 0.25) is 0 Å². The average molecular weight is 277 g/mol. The van der Waals surface area contributed by atoms with Crippen LogP contribution in [0.4, 0.5) is 5.69 Å². The summed E-state index contributed by atoms with van der Waals surface area (Å²) in [6.07, 6.45) is 3.60. The van der Waals surface area contributed by atoms with Crippen LogP contribution in [0.3, 0.4) is 0 Å². The first-order chi connectivity index (χ1) is 10.2. The van der Waals surface area contributed by atoms with Crippen molar-refractivity contribution < 1.29 is 4.79 Å². The van der Waals surface area contributed by atoms with Crippen LogP contribution in [0.5, 0.6) is 0 Å². The maximum atomic E-state index is 12.1. The van der Waals surface area contributed by atoms with Gasteiger partial charge in [-0.25, -0.2) is 4.68 Å². The lowest BCUT2D eigenvalue weighted by Crippen LogP contribution is -2.11. The van der Waals surface area contributed by atoms with E-state index in [2.05, 4.69) is 10.4 Å². The molecule has 3 aromatic rings. The van der Waals surface area contributed by atoms with Gasteiger partial charge in [0.25, 0.3) is 5.91 Å². The normalized spacial score (nSPS) is 10.3. The second-order valence-electron chi connectivity index (χ2n) is 4.82. The topological polar surface area (TPSA) is 46.9 Å². The summed E-state index contributed by atoms with van der Waals surface area (Å²) in [4.78, 5) is 12.1. The Kier molecular flexibility index (Phi) is 3.51. The summed E-state index contributed by atoms with van der Waals surface area (Å²) in [6, 6.07) is 16.9. The molecule has 4 heteroatoms. The number of anilines is 1. The second-order valence-corrected chi connectivity index (χ2v) is 4.82. The minimum atomic E-state index is -0.109.